The monoisotopic (exact) mass is 522 g/mol. The second-order valence-electron chi connectivity index (χ2n) is 13.1. The third-order valence-corrected chi connectivity index (χ3v) is 5.36. The molecule has 0 fully saturated rings. The Morgan fingerprint density at radius 1 is 0.722 bits per heavy atom. The van der Waals surface area contributed by atoms with E-state index in [1.807, 2.05) is 18.2 Å². The minimum atomic E-state index is -4.94. The van der Waals surface area contributed by atoms with Crippen LogP contribution in [0.3, 0.4) is 0 Å². The molecule has 6 nitrogen and oxygen atoms in total. The zero-order valence-electron chi connectivity index (χ0n) is 23.9. The van der Waals surface area contributed by atoms with E-state index in [4.69, 9.17) is 27.8 Å². The molecule has 1 aliphatic rings. The van der Waals surface area contributed by atoms with Crippen LogP contribution in [0, 0.1) is 21.1 Å². The Labute approximate surface area is 219 Å². The van der Waals surface area contributed by atoms with E-state index >= 15 is 0 Å². The van der Waals surface area contributed by atoms with Crippen LogP contribution in [0.25, 0.3) is 6.08 Å². The molecule has 1 aliphatic heterocycles. The van der Waals surface area contributed by atoms with E-state index in [2.05, 4.69) is 107 Å². The third kappa shape index (κ3) is 11.4. The van der Waals surface area contributed by atoms with Gasteiger partial charge < -0.3 is 4.74 Å². The Kier molecular flexibility index (Phi) is 9.97. The highest BCUT2D eigenvalue weighted by atomic mass is 35.7. The van der Waals surface area contributed by atoms with Crippen molar-refractivity contribution >= 4 is 6.08 Å². The molecule has 0 aliphatic carbocycles. The molecule has 2 heterocycles. The smallest absolute Gasteiger partial charge is 0.353 e. The third-order valence-electron chi connectivity index (χ3n) is 5.36. The standard InChI is InChI=1S/C29H43O2.ClHO4/c1-26(2,3)20-16-22(30-24(18-20)28(7,8)9)14-13-15-23-17-21(27(4,5)6)19-25(31-23)29(10,11)12;2-1(3,4)5/h13-19H,1-12H3;(H,2,3,4,5)/q+1;/p-1. The van der Waals surface area contributed by atoms with Crippen LogP contribution >= 0.6 is 0 Å². The molecule has 0 unspecified atom stereocenters. The fourth-order valence-electron chi connectivity index (χ4n) is 3.05. The summed E-state index contributed by atoms with van der Waals surface area (Å²) >= 11 is 0. The number of allylic oxidation sites excluding steroid dienone is 6. The van der Waals surface area contributed by atoms with Crippen molar-refractivity contribution in [2.75, 3.05) is 0 Å². The molecule has 0 saturated heterocycles. The highest BCUT2D eigenvalue weighted by Crippen LogP contribution is 2.38. The van der Waals surface area contributed by atoms with Crippen LogP contribution in [-0.2, 0) is 15.6 Å². The molecule has 0 saturated carbocycles. The molecule has 0 atom stereocenters. The first-order chi connectivity index (χ1) is 15.9. The van der Waals surface area contributed by atoms with Gasteiger partial charge in [-0.1, -0.05) is 62.3 Å². The van der Waals surface area contributed by atoms with Crippen molar-refractivity contribution < 1.29 is 38.0 Å². The summed E-state index contributed by atoms with van der Waals surface area (Å²) in [5, 5.41) is 0. The maximum absolute atomic E-state index is 8.49. The van der Waals surface area contributed by atoms with Gasteiger partial charge in [0.05, 0.1) is 5.41 Å². The topological polar surface area (TPSA) is 113 Å². The first kappa shape index (κ1) is 32.1. The number of hydrogen-bond acceptors (Lipinski definition) is 5. The second-order valence-corrected chi connectivity index (χ2v) is 13.9. The highest BCUT2D eigenvalue weighted by molar-refractivity contribution is 5.49. The second kappa shape index (κ2) is 11.2. The predicted molar refractivity (Wildman–Crippen MR) is 134 cm³/mol. The Morgan fingerprint density at radius 3 is 1.67 bits per heavy atom. The lowest BCUT2D eigenvalue weighted by Gasteiger charge is -2.31. The lowest BCUT2D eigenvalue weighted by atomic mass is 9.82. The van der Waals surface area contributed by atoms with Crippen LogP contribution in [0.5, 0.6) is 0 Å². The molecular weight excluding hydrogens is 480 g/mol. The van der Waals surface area contributed by atoms with Gasteiger partial charge >= 0.3 is 11.5 Å². The molecule has 36 heavy (non-hydrogen) atoms. The maximum atomic E-state index is 8.49. The van der Waals surface area contributed by atoms with E-state index in [1.54, 1.807) is 0 Å². The number of rotatable bonds is 2. The average molecular weight is 523 g/mol. The number of halogens is 1. The van der Waals surface area contributed by atoms with Gasteiger partial charge in [0, 0.05) is 23.6 Å². The minimum Gasteiger partial charge on any atom is -0.461 e. The lowest BCUT2D eigenvalue weighted by Crippen LogP contribution is -2.68. The maximum Gasteiger partial charge on any atom is 0.353 e. The number of hydrogen-bond donors (Lipinski definition) is 0. The summed E-state index contributed by atoms with van der Waals surface area (Å²) in [6, 6.07) is 4.34. The van der Waals surface area contributed by atoms with E-state index in [0.717, 1.165) is 23.0 Å². The molecule has 0 radical (unpaired) electrons. The molecular formula is C29H43ClO6. The summed E-state index contributed by atoms with van der Waals surface area (Å²) in [5.41, 5.74) is 2.56. The quantitative estimate of drug-likeness (QED) is 0.537. The van der Waals surface area contributed by atoms with Gasteiger partial charge in [0.1, 0.15) is 11.5 Å². The van der Waals surface area contributed by atoms with Crippen molar-refractivity contribution in [2.24, 2.45) is 10.8 Å². The number of ether oxygens (including phenoxy) is 1. The summed E-state index contributed by atoms with van der Waals surface area (Å²) < 4.78 is 46.4. The first-order valence-electron chi connectivity index (χ1n) is 12.0. The van der Waals surface area contributed by atoms with Crippen molar-refractivity contribution in [3.8, 4) is 0 Å². The van der Waals surface area contributed by atoms with Crippen molar-refractivity contribution in [2.45, 2.75) is 93.9 Å². The molecule has 0 aromatic carbocycles. The van der Waals surface area contributed by atoms with Gasteiger partial charge in [-0.25, -0.2) is 23.1 Å². The lowest BCUT2D eigenvalue weighted by molar-refractivity contribution is -2.00. The van der Waals surface area contributed by atoms with Crippen LogP contribution in [0.1, 0.15) is 100 Å². The summed E-state index contributed by atoms with van der Waals surface area (Å²) in [5.74, 6) is 3.70. The van der Waals surface area contributed by atoms with E-state index < -0.39 is 10.2 Å². The molecule has 2 rings (SSSR count). The van der Waals surface area contributed by atoms with Gasteiger partial charge in [0.15, 0.2) is 0 Å². The highest BCUT2D eigenvalue weighted by Gasteiger charge is 2.31. The summed E-state index contributed by atoms with van der Waals surface area (Å²) in [6.45, 7) is 26.5. The normalized spacial score (nSPS) is 16.8. The molecule has 202 valence electrons. The van der Waals surface area contributed by atoms with Gasteiger partial charge in [0.2, 0.25) is 0 Å². The fraction of sp³-hybridized carbons (Fsp3) is 0.552. The van der Waals surface area contributed by atoms with Gasteiger partial charge in [-0.3, -0.25) is 0 Å². The molecule has 0 spiro atoms. The van der Waals surface area contributed by atoms with E-state index in [0.29, 0.717) is 0 Å². The average Bonchev–Trinajstić information content (AvgIpc) is 2.63. The van der Waals surface area contributed by atoms with Crippen molar-refractivity contribution in [3.05, 3.63) is 70.6 Å². The van der Waals surface area contributed by atoms with Crippen molar-refractivity contribution in [3.63, 3.8) is 0 Å². The van der Waals surface area contributed by atoms with Gasteiger partial charge in [-0.15, -0.1) is 10.2 Å². The van der Waals surface area contributed by atoms with Crippen LogP contribution < -0.4 is 18.6 Å². The molecule has 7 heteroatoms. The Morgan fingerprint density at radius 2 is 1.25 bits per heavy atom. The predicted octanol–water partition coefficient (Wildman–Crippen LogP) is 4.23. The van der Waals surface area contributed by atoms with Gasteiger partial charge in [0.25, 0.3) is 0 Å². The Balaban J connectivity index is 0.00000118. The van der Waals surface area contributed by atoms with Crippen LogP contribution in [0.15, 0.2) is 57.9 Å². The zero-order valence-corrected chi connectivity index (χ0v) is 24.6. The zero-order chi connectivity index (χ0) is 28.3. The molecule has 0 bridgehead atoms. The SMILES string of the molecule is CC(C)(C)C1=C/C(=C\C=C\c2cc(C(C)(C)C)cc(C(C)(C)C)[o+]2)OC(C(C)(C)C)=C1.[O-][Cl+3]([O-])([O-])[O-]. The molecule has 1 aromatic rings. The summed E-state index contributed by atoms with van der Waals surface area (Å²) in [4.78, 5) is 0. The van der Waals surface area contributed by atoms with Crippen LogP contribution in [0.2, 0.25) is 0 Å². The summed E-state index contributed by atoms with van der Waals surface area (Å²) in [6.07, 6.45) is 10.4. The van der Waals surface area contributed by atoms with Crippen molar-refractivity contribution in [1.29, 1.82) is 0 Å². The van der Waals surface area contributed by atoms with E-state index in [1.165, 1.54) is 11.1 Å². The van der Waals surface area contributed by atoms with Crippen molar-refractivity contribution in [1.82, 2.24) is 0 Å². The Hall–Kier alpha value is -1.96. The first-order valence-corrected chi connectivity index (χ1v) is 13.2. The summed E-state index contributed by atoms with van der Waals surface area (Å²) in [7, 11) is -4.94. The molecule has 0 N–H and O–H groups in total. The van der Waals surface area contributed by atoms with Crippen LogP contribution in [0.4, 0.5) is 0 Å². The fourth-order valence-corrected chi connectivity index (χ4v) is 3.05. The molecule has 0 amide bonds. The molecule has 1 aromatic heterocycles. The largest absolute Gasteiger partial charge is 0.461 e. The van der Waals surface area contributed by atoms with Gasteiger partial charge in [-0.05, 0) is 67.0 Å². The minimum absolute atomic E-state index is 0.0501. The van der Waals surface area contributed by atoms with Gasteiger partial charge in [-0.2, -0.15) is 0 Å². The van der Waals surface area contributed by atoms with E-state index in [-0.39, 0.29) is 21.7 Å². The van der Waals surface area contributed by atoms with Crippen LogP contribution in [-0.4, -0.2) is 0 Å². The Bertz CT molecular complexity index is 990. The van der Waals surface area contributed by atoms with E-state index in [9.17, 15) is 0 Å².